The molecule has 0 radical (unpaired) electrons. The second-order valence-corrected chi connectivity index (χ2v) is 8.46. The molecule has 2 aliphatic heterocycles. The highest BCUT2D eigenvalue weighted by Crippen LogP contribution is 2.39. The Morgan fingerprint density at radius 1 is 1.16 bits per heavy atom. The fourth-order valence-electron chi connectivity index (χ4n) is 3.84. The topological polar surface area (TPSA) is 74.6 Å². The van der Waals surface area contributed by atoms with Crippen LogP contribution in [0.2, 0.25) is 0 Å². The van der Waals surface area contributed by atoms with Crippen LogP contribution in [0, 0.1) is 11.2 Å². The number of carboxylic acid groups (broad SMARTS) is 1. The molecule has 164 valence electrons. The third-order valence-electron chi connectivity index (χ3n) is 5.66. The summed E-state index contributed by atoms with van der Waals surface area (Å²) in [6.07, 6.45) is 0. The lowest BCUT2D eigenvalue weighted by molar-refractivity contribution is -0.148. The van der Waals surface area contributed by atoms with Gasteiger partial charge in [0.25, 0.3) is 0 Å². The number of halogens is 1. The van der Waals surface area contributed by atoms with Crippen molar-refractivity contribution in [3.8, 4) is 17.2 Å². The SMILES string of the molecule is COc1ccc2c(c1)C(N1CCN(CC(C)(C)C(=O)O)CC1)=Nc1cc(F)ccc1O2. The van der Waals surface area contributed by atoms with Gasteiger partial charge in [-0.3, -0.25) is 9.69 Å². The Balaban J connectivity index is 1.64. The van der Waals surface area contributed by atoms with E-state index < -0.39 is 11.4 Å². The van der Waals surface area contributed by atoms with Crippen molar-refractivity contribution >= 4 is 17.5 Å². The van der Waals surface area contributed by atoms with Crippen molar-refractivity contribution in [1.29, 1.82) is 0 Å². The summed E-state index contributed by atoms with van der Waals surface area (Å²) in [4.78, 5) is 20.5. The first-order valence-electron chi connectivity index (χ1n) is 10.2. The molecule has 31 heavy (non-hydrogen) atoms. The first kappa shape index (κ1) is 21.1. The standard InChI is InChI=1S/C23H26FN3O4/c1-23(2,22(28)29)14-26-8-10-27(11-9-26)21-17-13-16(30-3)5-7-19(17)31-20-6-4-15(24)12-18(20)25-21/h4-7,12-13H,8-11,14H2,1-3H3,(H,28,29). The van der Waals surface area contributed by atoms with Crippen molar-refractivity contribution in [3.63, 3.8) is 0 Å². The first-order valence-corrected chi connectivity index (χ1v) is 10.2. The summed E-state index contributed by atoms with van der Waals surface area (Å²) in [6.45, 7) is 6.68. The summed E-state index contributed by atoms with van der Waals surface area (Å²) in [7, 11) is 1.60. The molecule has 1 N–H and O–H groups in total. The molecule has 1 saturated heterocycles. The van der Waals surface area contributed by atoms with Gasteiger partial charge in [-0.15, -0.1) is 0 Å². The minimum Gasteiger partial charge on any atom is -0.497 e. The Labute approximate surface area is 180 Å². The zero-order valence-corrected chi connectivity index (χ0v) is 17.9. The van der Waals surface area contributed by atoms with E-state index in [9.17, 15) is 14.3 Å². The molecule has 4 rings (SSSR count). The number of ether oxygens (including phenoxy) is 2. The van der Waals surface area contributed by atoms with Crippen LogP contribution in [0.1, 0.15) is 19.4 Å². The number of fused-ring (bicyclic) bond motifs is 2. The molecule has 0 amide bonds. The predicted octanol–water partition coefficient (Wildman–Crippen LogP) is 3.75. The second-order valence-electron chi connectivity index (χ2n) is 8.46. The number of amidine groups is 1. The number of aliphatic imine (C=N–C) groups is 1. The first-order chi connectivity index (χ1) is 14.8. The van der Waals surface area contributed by atoms with Gasteiger partial charge in [0.05, 0.1) is 18.1 Å². The van der Waals surface area contributed by atoms with Crippen LogP contribution in [-0.2, 0) is 4.79 Å². The molecule has 2 aromatic carbocycles. The van der Waals surface area contributed by atoms with Crippen molar-refractivity contribution in [2.45, 2.75) is 13.8 Å². The largest absolute Gasteiger partial charge is 0.497 e. The van der Waals surface area contributed by atoms with Crippen molar-refractivity contribution in [3.05, 3.63) is 47.8 Å². The van der Waals surface area contributed by atoms with E-state index in [-0.39, 0.29) is 5.82 Å². The molecule has 0 bridgehead atoms. The van der Waals surface area contributed by atoms with Gasteiger partial charge in [-0.1, -0.05) is 0 Å². The molecule has 0 aromatic heterocycles. The van der Waals surface area contributed by atoms with Gasteiger partial charge in [0.2, 0.25) is 0 Å². The quantitative estimate of drug-likeness (QED) is 0.801. The number of hydrogen-bond donors (Lipinski definition) is 1. The Bertz CT molecular complexity index is 1030. The van der Waals surface area contributed by atoms with Gasteiger partial charge >= 0.3 is 5.97 Å². The number of nitrogens with zero attached hydrogens (tertiary/aromatic N) is 3. The molecule has 0 spiro atoms. The number of hydrogen-bond acceptors (Lipinski definition) is 6. The third-order valence-corrected chi connectivity index (χ3v) is 5.66. The fraction of sp³-hybridized carbons (Fsp3) is 0.391. The second kappa shape index (κ2) is 8.19. The van der Waals surface area contributed by atoms with Gasteiger partial charge < -0.3 is 19.5 Å². The Morgan fingerprint density at radius 2 is 1.87 bits per heavy atom. The zero-order chi connectivity index (χ0) is 22.2. The number of methoxy groups -OCH3 is 1. The van der Waals surface area contributed by atoms with E-state index in [0.29, 0.717) is 61.5 Å². The van der Waals surface area contributed by atoms with E-state index in [1.165, 1.54) is 12.1 Å². The van der Waals surface area contributed by atoms with Crippen LogP contribution in [0.4, 0.5) is 10.1 Å². The highest BCUT2D eigenvalue weighted by atomic mass is 19.1. The van der Waals surface area contributed by atoms with E-state index in [1.807, 2.05) is 18.2 Å². The fourth-order valence-corrected chi connectivity index (χ4v) is 3.84. The summed E-state index contributed by atoms with van der Waals surface area (Å²) in [6, 6.07) is 9.81. The van der Waals surface area contributed by atoms with E-state index in [4.69, 9.17) is 14.5 Å². The molecule has 2 heterocycles. The van der Waals surface area contributed by atoms with E-state index >= 15 is 0 Å². The van der Waals surface area contributed by atoms with Crippen LogP contribution in [0.15, 0.2) is 41.4 Å². The number of aliphatic carboxylic acids is 1. The molecule has 1 fully saturated rings. The highest BCUT2D eigenvalue weighted by Gasteiger charge is 2.32. The monoisotopic (exact) mass is 427 g/mol. The molecule has 8 heteroatoms. The molecule has 0 atom stereocenters. The molecule has 2 aliphatic rings. The summed E-state index contributed by atoms with van der Waals surface area (Å²) >= 11 is 0. The Hall–Kier alpha value is -3.13. The van der Waals surface area contributed by atoms with E-state index in [2.05, 4.69) is 9.80 Å². The number of rotatable bonds is 4. The van der Waals surface area contributed by atoms with Crippen molar-refractivity contribution in [2.75, 3.05) is 39.8 Å². The number of carbonyl (C=O) groups is 1. The minimum atomic E-state index is -0.813. The van der Waals surface area contributed by atoms with Gasteiger partial charge in [-0.05, 0) is 44.2 Å². The summed E-state index contributed by atoms with van der Waals surface area (Å²) < 4.78 is 25.4. The molecule has 2 aromatic rings. The lowest BCUT2D eigenvalue weighted by Gasteiger charge is -2.39. The lowest BCUT2D eigenvalue weighted by Crippen LogP contribution is -2.52. The minimum absolute atomic E-state index is 0.380. The Morgan fingerprint density at radius 3 is 2.55 bits per heavy atom. The third kappa shape index (κ3) is 4.34. The van der Waals surface area contributed by atoms with Crippen molar-refractivity contribution < 1.29 is 23.8 Å². The molecule has 0 unspecified atom stereocenters. The average Bonchev–Trinajstić information content (AvgIpc) is 2.90. The predicted molar refractivity (Wildman–Crippen MR) is 115 cm³/mol. The van der Waals surface area contributed by atoms with Crippen LogP contribution < -0.4 is 9.47 Å². The van der Waals surface area contributed by atoms with Gasteiger partial charge in [-0.2, -0.15) is 0 Å². The van der Waals surface area contributed by atoms with Gasteiger partial charge in [0, 0.05) is 38.8 Å². The number of benzene rings is 2. The summed E-state index contributed by atoms with van der Waals surface area (Å²) in [5.41, 5.74) is 0.390. The maximum Gasteiger partial charge on any atom is 0.310 e. The molecular weight excluding hydrogens is 401 g/mol. The highest BCUT2D eigenvalue weighted by molar-refractivity contribution is 6.04. The smallest absolute Gasteiger partial charge is 0.310 e. The number of piperazine rings is 1. The van der Waals surface area contributed by atoms with Crippen LogP contribution >= 0.6 is 0 Å². The summed E-state index contributed by atoms with van der Waals surface area (Å²) in [5.74, 6) is 1.29. The van der Waals surface area contributed by atoms with Gasteiger partial charge in [0.15, 0.2) is 5.75 Å². The maximum absolute atomic E-state index is 13.9. The van der Waals surface area contributed by atoms with Gasteiger partial charge in [0.1, 0.15) is 28.8 Å². The molecule has 7 nitrogen and oxygen atoms in total. The average molecular weight is 427 g/mol. The van der Waals surface area contributed by atoms with Crippen LogP contribution in [0.25, 0.3) is 0 Å². The van der Waals surface area contributed by atoms with E-state index in [1.54, 1.807) is 27.0 Å². The van der Waals surface area contributed by atoms with Crippen molar-refractivity contribution in [2.24, 2.45) is 10.4 Å². The normalized spacial score (nSPS) is 16.5. The summed E-state index contributed by atoms with van der Waals surface area (Å²) in [5, 5.41) is 9.42. The van der Waals surface area contributed by atoms with Gasteiger partial charge in [-0.25, -0.2) is 9.38 Å². The van der Waals surface area contributed by atoms with Crippen LogP contribution in [0.5, 0.6) is 17.2 Å². The molecular formula is C23H26FN3O4. The lowest BCUT2D eigenvalue weighted by atomic mass is 9.93. The molecule has 0 aliphatic carbocycles. The van der Waals surface area contributed by atoms with Crippen LogP contribution in [0.3, 0.4) is 0 Å². The maximum atomic E-state index is 13.9. The molecule has 0 saturated carbocycles. The van der Waals surface area contributed by atoms with Crippen LogP contribution in [-0.4, -0.2) is 66.5 Å². The van der Waals surface area contributed by atoms with Crippen molar-refractivity contribution in [1.82, 2.24) is 9.80 Å². The number of carboxylic acids is 1. The Kier molecular flexibility index (Phi) is 5.58. The zero-order valence-electron chi connectivity index (χ0n) is 17.9. The van der Waals surface area contributed by atoms with E-state index in [0.717, 1.165) is 5.56 Å².